The Balaban J connectivity index is 1.48. The molecule has 1 aliphatic heterocycles. The van der Waals surface area contributed by atoms with E-state index in [1.54, 1.807) is 0 Å². The van der Waals surface area contributed by atoms with Crippen molar-refractivity contribution < 1.29 is 23.0 Å². The SMILES string of the molecule is COc1ccc(NC(=S)N2CCC(C(O)(c3ccccc3)c3ccccc3)CC2)cc1C(F)(F)F. The summed E-state index contributed by atoms with van der Waals surface area (Å²) in [5.74, 6) is -0.292. The highest BCUT2D eigenvalue weighted by molar-refractivity contribution is 7.80. The zero-order valence-corrected chi connectivity index (χ0v) is 20.1. The van der Waals surface area contributed by atoms with Gasteiger partial charge in [0.2, 0.25) is 0 Å². The van der Waals surface area contributed by atoms with Crippen LogP contribution in [0.2, 0.25) is 0 Å². The lowest BCUT2D eigenvalue weighted by atomic mass is 9.72. The second-order valence-corrected chi connectivity index (χ2v) is 8.99. The number of likely N-dealkylation sites (tertiary alicyclic amines) is 1. The van der Waals surface area contributed by atoms with Gasteiger partial charge < -0.3 is 20.1 Å². The maximum Gasteiger partial charge on any atom is 0.420 e. The first-order valence-electron chi connectivity index (χ1n) is 11.4. The van der Waals surface area contributed by atoms with Crippen molar-refractivity contribution >= 4 is 23.0 Å². The number of nitrogens with one attached hydrogen (secondary N) is 1. The molecule has 4 nitrogen and oxygen atoms in total. The van der Waals surface area contributed by atoms with Crippen LogP contribution < -0.4 is 10.1 Å². The van der Waals surface area contributed by atoms with Gasteiger partial charge in [-0.25, -0.2) is 0 Å². The average Bonchev–Trinajstić information content (AvgIpc) is 2.88. The van der Waals surface area contributed by atoms with Crippen LogP contribution in [-0.2, 0) is 11.8 Å². The van der Waals surface area contributed by atoms with Crippen LogP contribution in [0.5, 0.6) is 5.75 Å². The van der Waals surface area contributed by atoms with Gasteiger partial charge in [-0.15, -0.1) is 0 Å². The van der Waals surface area contributed by atoms with Gasteiger partial charge in [0.25, 0.3) is 0 Å². The Kier molecular flexibility index (Phi) is 7.33. The number of aliphatic hydroxyl groups is 1. The molecule has 1 heterocycles. The number of halogens is 3. The number of alkyl halides is 3. The first kappa shape index (κ1) is 25.0. The van der Waals surface area contributed by atoms with Crippen LogP contribution in [0.1, 0.15) is 29.5 Å². The van der Waals surface area contributed by atoms with Gasteiger partial charge in [0.05, 0.1) is 12.7 Å². The summed E-state index contributed by atoms with van der Waals surface area (Å²) < 4.78 is 45.0. The summed E-state index contributed by atoms with van der Waals surface area (Å²) in [7, 11) is 1.21. The Bertz CT molecular complexity index is 1110. The molecule has 8 heteroatoms. The minimum Gasteiger partial charge on any atom is -0.496 e. The van der Waals surface area contributed by atoms with Gasteiger partial charge in [-0.1, -0.05) is 60.7 Å². The summed E-state index contributed by atoms with van der Waals surface area (Å²) in [4.78, 5) is 1.93. The van der Waals surface area contributed by atoms with E-state index in [4.69, 9.17) is 17.0 Å². The van der Waals surface area contributed by atoms with Crippen molar-refractivity contribution in [3.63, 3.8) is 0 Å². The summed E-state index contributed by atoms with van der Waals surface area (Å²) in [6.45, 7) is 1.14. The summed E-state index contributed by atoms with van der Waals surface area (Å²) >= 11 is 5.51. The lowest BCUT2D eigenvalue weighted by molar-refractivity contribution is -0.138. The van der Waals surface area contributed by atoms with E-state index in [1.165, 1.54) is 19.2 Å². The third kappa shape index (κ3) is 5.28. The molecule has 3 aromatic rings. The molecule has 0 aliphatic carbocycles. The Labute approximate surface area is 208 Å². The monoisotopic (exact) mass is 500 g/mol. The summed E-state index contributed by atoms with van der Waals surface area (Å²) in [6, 6.07) is 23.1. The molecule has 1 saturated heterocycles. The van der Waals surface area contributed by atoms with Gasteiger partial charge in [-0.2, -0.15) is 13.2 Å². The molecule has 0 atom stereocenters. The molecule has 184 valence electrons. The fraction of sp³-hybridized carbons (Fsp3) is 0.296. The number of ether oxygens (including phenoxy) is 1. The predicted molar refractivity (Wildman–Crippen MR) is 134 cm³/mol. The van der Waals surface area contributed by atoms with Gasteiger partial charge in [0, 0.05) is 18.8 Å². The van der Waals surface area contributed by atoms with Gasteiger partial charge in [0.1, 0.15) is 11.4 Å². The lowest BCUT2D eigenvalue weighted by Gasteiger charge is -2.43. The second-order valence-electron chi connectivity index (χ2n) is 8.60. The normalized spacial score (nSPS) is 15.1. The Hall–Kier alpha value is -3.10. The summed E-state index contributed by atoms with van der Waals surface area (Å²) in [5.41, 5.74) is -0.0921. The number of methoxy groups -OCH3 is 1. The standard InChI is InChI=1S/C27H27F3N2O2S/c1-34-24-13-12-22(18-23(24)27(28,29)30)31-25(35)32-16-14-21(15-17-32)26(33,19-8-4-2-5-9-19)20-10-6-3-7-11-20/h2-13,18,21,33H,14-17H2,1H3,(H,31,35). The predicted octanol–water partition coefficient (Wildman–Crippen LogP) is 6.06. The quantitative estimate of drug-likeness (QED) is 0.417. The molecule has 0 bridgehead atoms. The molecular weight excluding hydrogens is 473 g/mol. The molecule has 0 radical (unpaired) electrons. The molecule has 0 unspecified atom stereocenters. The van der Waals surface area contributed by atoms with Crippen molar-refractivity contribution in [3.05, 3.63) is 95.6 Å². The molecule has 1 aliphatic rings. The summed E-state index contributed by atoms with van der Waals surface area (Å²) in [6.07, 6.45) is -3.21. The minimum atomic E-state index is -4.54. The van der Waals surface area contributed by atoms with E-state index in [1.807, 2.05) is 65.6 Å². The third-order valence-corrected chi connectivity index (χ3v) is 6.92. The topological polar surface area (TPSA) is 44.7 Å². The van der Waals surface area contributed by atoms with Crippen molar-refractivity contribution in [1.29, 1.82) is 0 Å². The zero-order chi connectivity index (χ0) is 25.1. The maximum absolute atomic E-state index is 13.4. The smallest absolute Gasteiger partial charge is 0.420 e. The maximum atomic E-state index is 13.4. The van der Waals surface area contributed by atoms with Crippen LogP contribution in [0.25, 0.3) is 0 Å². The molecule has 0 spiro atoms. The summed E-state index contributed by atoms with van der Waals surface area (Å²) in [5, 5.41) is 15.3. The highest BCUT2D eigenvalue weighted by Gasteiger charge is 2.42. The molecule has 0 amide bonds. The first-order valence-corrected chi connectivity index (χ1v) is 11.8. The van der Waals surface area contributed by atoms with Crippen molar-refractivity contribution in [3.8, 4) is 5.75 Å². The fourth-order valence-corrected chi connectivity index (χ4v) is 5.03. The van der Waals surface area contributed by atoms with E-state index in [2.05, 4.69) is 5.32 Å². The second kappa shape index (κ2) is 10.3. The fourth-order valence-electron chi connectivity index (χ4n) is 4.73. The number of hydrogen-bond acceptors (Lipinski definition) is 3. The van der Waals surface area contributed by atoms with Crippen molar-refractivity contribution in [2.75, 3.05) is 25.5 Å². The number of anilines is 1. The van der Waals surface area contributed by atoms with E-state index in [9.17, 15) is 18.3 Å². The molecule has 0 saturated carbocycles. The molecule has 35 heavy (non-hydrogen) atoms. The minimum absolute atomic E-state index is 0.0517. The molecule has 1 fully saturated rings. The van der Waals surface area contributed by atoms with Gasteiger partial charge in [-0.05, 0) is 60.3 Å². The van der Waals surface area contributed by atoms with Gasteiger partial charge >= 0.3 is 6.18 Å². The number of nitrogens with zero attached hydrogens (tertiary/aromatic N) is 1. The van der Waals surface area contributed by atoms with Gasteiger partial charge in [-0.3, -0.25) is 0 Å². The molecule has 3 aromatic carbocycles. The van der Waals surface area contributed by atoms with E-state index in [-0.39, 0.29) is 17.4 Å². The molecule has 0 aromatic heterocycles. The average molecular weight is 501 g/mol. The van der Waals surface area contributed by atoms with E-state index < -0.39 is 17.3 Å². The Morgan fingerprint density at radius 1 is 0.943 bits per heavy atom. The number of benzene rings is 3. The van der Waals surface area contributed by atoms with E-state index in [0.717, 1.165) is 17.2 Å². The van der Waals surface area contributed by atoms with Gasteiger partial charge in [0.15, 0.2) is 5.11 Å². The number of rotatable bonds is 5. The van der Waals surface area contributed by atoms with Crippen LogP contribution >= 0.6 is 12.2 Å². The lowest BCUT2D eigenvalue weighted by Crippen LogP contribution is -2.47. The van der Waals surface area contributed by atoms with Crippen molar-refractivity contribution in [2.24, 2.45) is 5.92 Å². The van der Waals surface area contributed by atoms with E-state index in [0.29, 0.717) is 31.0 Å². The van der Waals surface area contributed by atoms with Crippen LogP contribution in [0, 0.1) is 5.92 Å². The number of hydrogen-bond donors (Lipinski definition) is 2. The van der Waals surface area contributed by atoms with Crippen LogP contribution in [0.3, 0.4) is 0 Å². The number of thiocarbonyl (C=S) groups is 1. The third-order valence-electron chi connectivity index (χ3n) is 6.56. The molecule has 4 rings (SSSR count). The zero-order valence-electron chi connectivity index (χ0n) is 19.3. The van der Waals surface area contributed by atoms with Crippen LogP contribution in [0.15, 0.2) is 78.9 Å². The first-order chi connectivity index (χ1) is 16.7. The van der Waals surface area contributed by atoms with Crippen molar-refractivity contribution in [2.45, 2.75) is 24.6 Å². The number of piperidine rings is 1. The Morgan fingerprint density at radius 3 is 1.97 bits per heavy atom. The van der Waals surface area contributed by atoms with Crippen LogP contribution in [0.4, 0.5) is 18.9 Å². The largest absolute Gasteiger partial charge is 0.496 e. The highest BCUT2D eigenvalue weighted by Crippen LogP contribution is 2.42. The molecular formula is C27H27F3N2O2S. The Morgan fingerprint density at radius 2 is 1.49 bits per heavy atom. The highest BCUT2D eigenvalue weighted by atomic mass is 32.1. The van der Waals surface area contributed by atoms with Crippen LogP contribution in [-0.4, -0.2) is 35.3 Å². The van der Waals surface area contributed by atoms with Crippen molar-refractivity contribution in [1.82, 2.24) is 4.90 Å². The van der Waals surface area contributed by atoms with E-state index >= 15 is 0 Å². The molecule has 2 N–H and O–H groups in total.